The Morgan fingerprint density at radius 3 is 2.57 bits per heavy atom. The summed E-state index contributed by atoms with van der Waals surface area (Å²) in [4.78, 5) is 23.1. The van der Waals surface area contributed by atoms with E-state index in [0.29, 0.717) is 6.42 Å². The molecule has 0 bridgehead atoms. The Labute approximate surface area is 123 Å². The van der Waals surface area contributed by atoms with E-state index in [1.807, 2.05) is 6.92 Å². The van der Waals surface area contributed by atoms with E-state index in [9.17, 15) is 14.0 Å². The highest BCUT2D eigenvalue weighted by Crippen LogP contribution is 2.19. The zero-order valence-corrected chi connectivity index (χ0v) is 12.2. The molecule has 0 aliphatic rings. The predicted molar refractivity (Wildman–Crippen MR) is 78.7 cm³/mol. The number of benzene rings is 1. The number of nitrogens with one attached hydrogen (secondary N) is 1. The van der Waals surface area contributed by atoms with Crippen molar-refractivity contribution >= 4 is 17.6 Å². The van der Waals surface area contributed by atoms with E-state index in [2.05, 4.69) is 5.32 Å². The van der Waals surface area contributed by atoms with Gasteiger partial charge in [-0.15, -0.1) is 0 Å². The quantitative estimate of drug-likeness (QED) is 0.721. The lowest BCUT2D eigenvalue weighted by Crippen LogP contribution is -2.22. The number of halogens is 1. The van der Waals surface area contributed by atoms with Crippen LogP contribution in [-0.2, 0) is 4.79 Å². The molecule has 2 atom stereocenters. The number of anilines is 1. The van der Waals surface area contributed by atoms with Gasteiger partial charge in [-0.2, -0.15) is 0 Å². The van der Waals surface area contributed by atoms with Crippen LogP contribution < -0.4 is 11.1 Å². The van der Waals surface area contributed by atoms with Gasteiger partial charge in [0.2, 0.25) is 5.91 Å². The van der Waals surface area contributed by atoms with Crippen LogP contribution in [0.25, 0.3) is 0 Å². The standard InChI is InChI=1S/C15H21FN2O3/c1-9(4-3-5-10(2)17)14(19)18-13-8-11(16)6-7-12(13)15(20)21/h6-10H,3-5,17H2,1-2H3,(H,18,19)(H,20,21). The molecule has 0 fully saturated rings. The largest absolute Gasteiger partial charge is 0.478 e. The molecule has 0 spiro atoms. The molecule has 6 heteroatoms. The molecule has 0 saturated heterocycles. The SMILES string of the molecule is CC(N)CCCC(C)C(=O)Nc1cc(F)ccc1C(=O)O. The Kier molecular flexibility index (Phi) is 6.30. The number of hydrogen-bond donors (Lipinski definition) is 3. The molecule has 0 heterocycles. The van der Waals surface area contributed by atoms with Gasteiger partial charge in [0.15, 0.2) is 0 Å². The molecule has 5 nitrogen and oxygen atoms in total. The van der Waals surface area contributed by atoms with Crippen LogP contribution >= 0.6 is 0 Å². The number of carboxylic acid groups (broad SMARTS) is 1. The van der Waals surface area contributed by atoms with Crippen LogP contribution in [-0.4, -0.2) is 23.0 Å². The van der Waals surface area contributed by atoms with E-state index in [0.717, 1.165) is 31.0 Å². The van der Waals surface area contributed by atoms with E-state index >= 15 is 0 Å². The van der Waals surface area contributed by atoms with E-state index in [4.69, 9.17) is 10.8 Å². The predicted octanol–water partition coefficient (Wildman–Crippen LogP) is 2.62. The lowest BCUT2D eigenvalue weighted by atomic mass is 10.0. The number of carbonyl (C=O) groups excluding carboxylic acids is 1. The monoisotopic (exact) mass is 296 g/mol. The molecule has 1 amide bonds. The van der Waals surface area contributed by atoms with Gasteiger partial charge in [0.05, 0.1) is 11.3 Å². The van der Waals surface area contributed by atoms with Crippen molar-refractivity contribution in [1.29, 1.82) is 0 Å². The highest BCUT2D eigenvalue weighted by molar-refractivity contribution is 6.01. The minimum absolute atomic E-state index is 0.0217. The van der Waals surface area contributed by atoms with Crippen molar-refractivity contribution in [1.82, 2.24) is 0 Å². The Balaban J connectivity index is 2.69. The second kappa shape index (κ2) is 7.73. The van der Waals surface area contributed by atoms with Crippen LogP contribution in [0.4, 0.5) is 10.1 Å². The molecular weight excluding hydrogens is 275 g/mol. The highest BCUT2D eigenvalue weighted by Gasteiger charge is 2.17. The smallest absolute Gasteiger partial charge is 0.337 e. The van der Waals surface area contributed by atoms with Gasteiger partial charge >= 0.3 is 5.97 Å². The summed E-state index contributed by atoms with van der Waals surface area (Å²) < 4.78 is 13.2. The van der Waals surface area contributed by atoms with Crippen molar-refractivity contribution in [2.24, 2.45) is 11.7 Å². The zero-order valence-electron chi connectivity index (χ0n) is 12.2. The maximum atomic E-state index is 13.2. The molecule has 116 valence electrons. The number of rotatable bonds is 7. The normalized spacial score (nSPS) is 13.5. The first-order valence-corrected chi connectivity index (χ1v) is 6.90. The van der Waals surface area contributed by atoms with Crippen molar-refractivity contribution in [3.8, 4) is 0 Å². The van der Waals surface area contributed by atoms with Gasteiger partial charge in [0.1, 0.15) is 5.82 Å². The topological polar surface area (TPSA) is 92.4 Å². The number of aromatic carboxylic acids is 1. The summed E-state index contributed by atoms with van der Waals surface area (Å²) in [6.07, 6.45) is 2.27. The molecule has 0 aromatic heterocycles. The van der Waals surface area contributed by atoms with Crippen LogP contribution in [0.5, 0.6) is 0 Å². The number of carboxylic acids is 1. The maximum Gasteiger partial charge on any atom is 0.337 e. The summed E-state index contributed by atoms with van der Waals surface area (Å²) >= 11 is 0. The van der Waals surface area contributed by atoms with Crippen LogP contribution in [0.3, 0.4) is 0 Å². The van der Waals surface area contributed by atoms with Gasteiger partial charge in [-0.3, -0.25) is 4.79 Å². The maximum absolute atomic E-state index is 13.2. The third-order valence-electron chi connectivity index (χ3n) is 3.21. The fourth-order valence-corrected chi connectivity index (χ4v) is 1.94. The van der Waals surface area contributed by atoms with Crippen LogP contribution in [0.15, 0.2) is 18.2 Å². The van der Waals surface area contributed by atoms with Crippen LogP contribution in [0.2, 0.25) is 0 Å². The lowest BCUT2D eigenvalue weighted by molar-refractivity contribution is -0.119. The highest BCUT2D eigenvalue weighted by atomic mass is 19.1. The van der Waals surface area contributed by atoms with Crippen molar-refractivity contribution in [2.45, 2.75) is 39.2 Å². The van der Waals surface area contributed by atoms with Crippen LogP contribution in [0.1, 0.15) is 43.5 Å². The molecule has 0 saturated carbocycles. The van der Waals surface area contributed by atoms with Gasteiger partial charge < -0.3 is 16.2 Å². The number of carbonyl (C=O) groups is 2. The Bertz CT molecular complexity index is 518. The molecule has 2 unspecified atom stereocenters. The third-order valence-corrected chi connectivity index (χ3v) is 3.21. The van der Waals surface area contributed by atoms with Gasteiger partial charge in [-0.1, -0.05) is 13.3 Å². The molecule has 4 N–H and O–H groups in total. The van der Waals surface area contributed by atoms with Crippen LogP contribution in [0, 0.1) is 11.7 Å². The number of nitrogens with two attached hydrogens (primary N) is 1. The molecule has 0 aliphatic heterocycles. The van der Waals surface area contributed by atoms with Crippen molar-refractivity contribution in [2.75, 3.05) is 5.32 Å². The molecular formula is C15H21FN2O3. The second-order valence-electron chi connectivity index (χ2n) is 5.29. The molecule has 0 radical (unpaired) electrons. The van der Waals surface area contributed by atoms with E-state index in [-0.39, 0.29) is 29.1 Å². The van der Waals surface area contributed by atoms with Gasteiger partial charge in [0.25, 0.3) is 0 Å². The number of amides is 1. The average Bonchev–Trinajstić information content (AvgIpc) is 2.37. The molecule has 1 rings (SSSR count). The lowest BCUT2D eigenvalue weighted by Gasteiger charge is -2.14. The minimum Gasteiger partial charge on any atom is -0.478 e. The van der Waals surface area contributed by atoms with Gasteiger partial charge in [-0.25, -0.2) is 9.18 Å². The fraction of sp³-hybridized carbons (Fsp3) is 0.467. The van der Waals surface area contributed by atoms with Crippen molar-refractivity contribution in [3.05, 3.63) is 29.6 Å². The first-order chi connectivity index (χ1) is 9.81. The van der Waals surface area contributed by atoms with Crippen molar-refractivity contribution < 1.29 is 19.1 Å². The minimum atomic E-state index is -1.21. The molecule has 0 aliphatic carbocycles. The number of hydrogen-bond acceptors (Lipinski definition) is 3. The van der Waals surface area contributed by atoms with Gasteiger partial charge in [0, 0.05) is 12.0 Å². The van der Waals surface area contributed by atoms with E-state index in [1.54, 1.807) is 6.92 Å². The molecule has 1 aromatic rings. The Morgan fingerprint density at radius 1 is 1.33 bits per heavy atom. The first-order valence-electron chi connectivity index (χ1n) is 6.90. The van der Waals surface area contributed by atoms with Crippen molar-refractivity contribution in [3.63, 3.8) is 0 Å². The zero-order chi connectivity index (χ0) is 16.0. The molecule has 1 aromatic carbocycles. The van der Waals surface area contributed by atoms with Gasteiger partial charge in [-0.05, 0) is 38.0 Å². The average molecular weight is 296 g/mol. The molecule has 21 heavy (non-hydrogen) atoms. The van der Waals surface area contributed by atoms with E-state index in [1.165, 1.54) is 0 Å². The summed E-state index contributed by atoms with van der Waals surface area (Å²) in [5, 5.41) is 11.5. The summed E-state index contributed by atoms with van der Waals surface area (Å²) in [6, 6.07) is 3.28. The fourth-order valence-electron chi connectivity index (χ4n) is 1.94. The Morgan fingerprint density at radius 2 is 2.00 bits per heavy atom. The summed E-state index contributed by atoms with van der Waals surface area (Å²) in [6.45, 7) is 3.65. The summed E-state index contributed by atoms with van der Waals surface area (Å²) in [7, 11) is 0. The Hall–Kier alpha value is -1.95. The van der Waals surface area contributed by atoms with E-state index < -0.39 is 11.8 Å². The first kappa shape index (κ1) is 17.1. The summed E-state index contributed by atoms with van der Waals surface area (Å²) in [5.74, 6) is -2.43. The third kappa shape index (κ3) is 5.51. The second-order valence-corrected chi connectivity index (χ2v) is 5.29. The summed E-state index contributed by atoms with van der Waals surface area (Å²) in [5.41, 5.74) is 5.49.